The third-order valence-electron chi connectivity index (χ3n) is 4.95. The molecule has 1 amide bonds. The third-order valence-corrected chi connectivity index (χ3v) is 6.13. The molecule has 2 heterocycles. The van der Waals surface area contributed by atoms with Crippen LogP contribution in [-0.4, -0.2) is 15.9 Å². The van der Waals surface area contributed by atoms with Gasteiger partial charge in [-0.15, -0.1) is 11.3 Å². The molecule has 144 valence electrons. The summed E-state index contributed by atoms with van der Waals surface area (Å²) < 4.78 is 0. The Kier molecular flexibility index (Phi) is 5.23. The number of carbonyl (C=O) groups is 1. The number of rotatable bonds is 5. The first-order valence-corrected chi connectivity index (χ1v) is 10.2. The van der Waals surface area contributed by atoms with Crippen molar-refractivity contribution < 1.29 is 4.79 Å². The van der Waals surface area contributed by atoms with Crippen molar-refractivity contribution in [2.45, 2.75) is 19.4 Å². The molecule has 0 saturated heterocycles. The van der Waals surface area contributed by atoms with E-state index >= 15 is 0 Å². The molecule has 0 spiro atoms. The summed E-state index contributed by atoms with van der Waals surface area (Å²) in [7, 11) is 0. The second kappa shape index (κ2) is 7.97. The molecule has 0 aliphatic heterocycles. The Morgan fingerprint density at radius 1 is 0.897 bits per heavy atom. The van der Waals surface area contributed by atoms with Crippen molar-refractivity contribution in [1.82, 2.24) is 15.3 Å². The van der Waals surface area contributed by atoms with Gasteiger partial charge in [-0.3, -0.25) is 9.78 Å². The van der Waals surface area contributed by atoms with Crippen molar-refractivity contribution in [3.05, 3.63) is 107 Å². The Morgan fingerprint density at radius 2 is 1.48 bits per heavy atom. The fourth-order valence-electron chi connectivity index (χ4n) is 3.34. The molecule has 1 N–H and O–H groups in total. The summed E-state index contributed by atoms with van der Waals surface area (Å²) >= 11 is 1.37. The molecule has 0 saturated carbocycles. The number of nitrogens with zero attached hydrogens (tertiary/aromatic N) is 2. The minimum atomic E-state index is -0.665. The molecule has 0 bridgehead atoms. The molecule has 5 heteroatoms. The highest BCUT2D eigenvalue weighted by molar-refractivity contribution is 7.17. The summed E-state index contributed by atoms with van der Waals surface area (Å²) in [6.45, 7) is 3.89. The van der Waals surface area contributed by atoms with Crippen LogP contribution in [0.3, 0.4) is 0 Å². The van der Waals surface area contributed by atoms with Gasteiger partial charge in [-0.1, -0.05) is 66.7 Å². The highest BCUT2D eigenvalue weighted by Gasteiger charge is 2.32. The predicted octanol–water partition coefficient (Wildman–Crippen LogP) is 5.21. The molecular weight excluding hydrogens is 378 g/mol. The molecule has 4 nitrogen and oxygen atoms in total. The van der Waals surface area contributed by atoms with Gasteiger partial charge < -0.3 is 5.32 Å². The van der Waals surface area contributed by atoms with E-state index in [0.717, 1.165) is 21.8 Å². The number of pyridine rings is 1. The largest absolute Gasteiger partial charge is 0.338 e. The van der Waals surface area contributed by atoms with Gasteiger partial charge in [-0.2, -0.15) is 0 Å². The number of aromatic nitrogens is 2. The van der Waals surface area contributed by atoms with E-state index in [1.165, 1.54) is 11.3 Å². The first-order valence-electron chi connectivity index (χ1n) is 9.40. The summed E-state index contributed by atoms with van der Waals surface area (Å²) in [5.41, 5.74) is 2.85. The first-order chi connectivity index (χ1) is 14.1. The zero-order chi connectivity index (χ0) is 20.3. The van der Waals surface area contributed by atoms with Gasteiger partial charge in [0.05, 0.1) is 16.9 Å². The van der Waals surface area contributed by atoms with E-state index in [2.05, 4.69) is 15.3 Å². The molecule has 0 aliphatic rings. The lowest BCUT2D eigenvalue weighted by atomic mass is 9.84. The molecular formula is C24H21N3OS. The van der Waals surface area contributed by atoms with Crippen molar-refractivity contribution >= 4 is 17.2 Å². The number of hydrogen-bond acceptors (Lipinski definition) is 4. The van der Waals surface area contributed by atoms with Crippen LogP contribution in [0, 0.1) is 6.92 Å². The van der Waals surface area contributed by atoms with E-state index < -0.39 is 5.54 Å². The summed E-state index contributed by atoms with van der Waals surface area (Å²) in [4.78, 5) is 22.8. The van der Waals surface area contributed by atoms with E-state index in [1.807, 2.05) is 92.7 Å². The highest BCUT2D eigenvalue weighted by atomic mass is 32.1. The van der Waals surface area contributed by atoms with Crippen LogP contribution in [0.2, 0.25) is 0 Å². The number of aryl methyl sites for hydroxylation is 1. The predicted molar refractivity (Wildman–Crippen MR) is 117 cm³/mol. The second-order valence-electron chi connectivity index (χ2n) is 6.96. The molecule has 2 aromatic heterocycles. The number of nitrogens with one attached hydrogen (secondary N) is 1. The number of thiazole rings is 1. The van der Waals surface area contributed by atoms with Crippen LogP contribution in [0.1, 0.15) is 33.4 Å². The normalized spacial score (nSPS) is 11.2. The van der Waals surface area contributed by atoms with Gasteiger partial charge in [0.25, 0.3) is 5.91 Å². The van der Waals surface area contributed by atoms with Crippen LogP contribution < -0.4 is 5.32 Å². The van der Waals surface area contributed by atoms with Gasteiger partial charge >= 0.3 is 0 Å². The molecule has 0 aliphatic carbocycles. The maximum absolute atomic E-state index is 13.3. The molecule has 4 aromatic rings. The van der Waals surface area contributed by atoms with E-state index in [9.17, 15) is 4.79 Å². The van der Waals surface area contributed by atoms with Crippen LogP contribution in [0.15, 0.2) is 85.1 Å². The number of benzene rings is 2. The summed E-state index contributed by atoms with van der Waals surface area (Å²) in [5, 5.41) is 4.00. The fraction of sp³-hybridized carbons (Fsp3) is 0.125. The Hall–Kier alpha value is -3.31. The lowest BCUT2D eigenvalue weighted by Gasteiger charge is -2.32. The quantitative estimate of drug-likeness (QED) is 0.501. The summed E-state index contributed by atoms with van der Waals surface area (Å²) in [6, 6.07) is 25.7. The highest BCUT2D eigenvalue weighted by Crippen LogP contribution is 2.31. The molecule has 4 rings (SSSR count). The SMILES string of the molecule is Cc1nc(-c2ccccn2)sc1C(=O)NC(C)(c1ccccc1)c1ccccc1. The molecule has 0 unspecified atom stereocenters. The van der Waals surface area contributed by atoms with Crippen molar-refractivity contribution in [2.75, 3.05) is 0 Å². The van der Waals surface area contributed by atoms with Crippen LogP contribution in [-0.2, 0) is 5.54 Å². The summed E-state index contributed by atoms with van der Waals surface area (Å²) in [6.07, 6.45) is 1.73. The van der Waals surface area contributed by atoms with E-state index in [1.54, 1.807) is 6.20 Å². The van der Waals surface area contributed by atoms with E-state index in [0.29, 0.717) is 10.6 Å². The van der Waals surface area contributed by atoms with Crippen LogP contribution in [0.5, 0.6) is 0 Å². The van der Waals surface area contributed by atoms with Crippen molar-refractivity contribution in [3.63, 3.8) is 0 Å². The second-order valence-corrected chi connectivity index (χ2v) is 7.96. The van der Waals surface area contributed by atoms with Gasteiger partial charge in [0, 0.05) is 6.20 Å². The molecule has 29 heavy (non-hydrogen) atoms. The van der Waals surface area contributed by atoms with Crippen molar-refractivity contribution in [3.8, 4) is 10.7 Å². The Bertz CT molecular complexity index is 1070. The lowest BCUT2D eigenvalue weighted by molar-refractivity contribution is 0.0922. The Balaban J connectivity index is 1.71. The topological polar surface area (TPSA) is 54.9 Å². The standard InChI is InChI=1S/C24H21N3OS/c1-17-21(29-23(26-17)20-15-9-10-16-25-20)22(28)27-24(2,18-11-5-3-6-12-18)19-13-7-4-8-14-19/h3-16H,1-2H3,(H,27,28). The smallest absolute Gasteiger partial charge is 0.264 e. The zero-order valence-corrected chi connectivity index (χ0v) is 17.1. The number of amides is 1. The maximum Gasteiger partial charge on any atom is 0.264 e. The lowest BCUT2D eigenvalue weighted by Crippen LogP contribution is -2.44. The third kappa shape index (κ3) is 3.82. The van der Waals surface area contributed by atoms with E-state index in [-0.39, 0.29) is 5.91 Å². The van der Waals surface area contributed by atoms with Gasteiger partial charge in [-0.25, -0.2) is 4.98 Å². The van der Waals surface area contributed by atoms with Gasteiger partial charge in [0.2, 0.25) is 0 Å². The zero-order valence-electron chi connectivity index (χ0n) is 16.3. The van der Waals surface area contributed by atoms with Crippen LogP contribution in [0.25, 0.3) is 10.7 Å². The monoisotopic (exact) mass is 399 g/mol. The van der Waals surface area contributed by atoms with Gasteiger partial charge in [0.15, 0.2) is 0 Å². The first kappa shape index (κ1) is 19.0. The van der Waals surface area contributed by atoms with Crippen molar-refractivity contribution in [1.29, 1.82) is 0 Å². The number of carbonyl (C=O) groups excluding carboxylic acids is 1. The fourth-order valence-corrected chi connectivity index (χ4v) is 4.28. The minimum absolute atomic E-state index is 0.141. The molecule has 0 fully saturated rings. The van der Waals surface area contributed by atoms with Crippen LogP contribution in [0.4, 0.5) is 0 Å². The minimum Gasteiger partial charge on any atom is -0.338 e. The molecule has 0 atom stereocenters. The van der Waals surface area contributed by atoms with E-state index in [4.69, 9.17) is 0 Å². The molecule has 2 aromatic carbocycles. The Morgan fingerprint density at radius 3 is 2.03 bits per heavy atom. The summed E-state index contributed by atoms with van der Waals surface area (Å²) in [5.74, 6) is -0.141. The average molecular weight is 400 g/mol. The van der Waals surface area contributed by atoms with Crippen LogP contribution >= 0.6 is 11.3 Å². The Labute approximate surface area is 174 Å². The van der Waals surface area contributed by atoms with Crippen molar-refractivity contribution in [2.24, 2.45) is 0 Å². The number of hydrogen-bond donors (Lipinski definition) is 1. The van der Waals surface area contributed by atoms with Gasteiger partial charge in [-0.05, 0) is 37.1 Å². The maximum atomic E-state index is 13.3. The van der Waals surface area contributed by atoms with Gasteiger partial charge in [0.1, 0.15) is 9.88 Å². The molecule has 0 radical (unpaired) electrons. The average Bonchev–Trinajstić information content (AvgIpc) is 3.17.